The minimum atomic E-state index is -0.808. The molecule has 0 spiro atoms. The van der Waals surface area contributed by atoms with Gasteiger partial charge in [-0.25, -0.2) is 0 Å². The first-order valence-corrected chi connectivity index (χ1v) is 13.9. The van der Waals surface area contributed by atoms with Gasteiger partial charge < -0.3 is 29.0 Å². The molecule has 2 aliphatic rings. The molecule has 1 amide bonds. The lowest BCUT2D eigenvalue weighted by Crippen LogP contribution is -2.31. The highest BCUT2D eigenvalue weighted by molar-refractivity contribution is 6.46. The molecule has 41 heavy (non-hydrogen) atoms. The Kier molecular flexibility index (Phi) is 8.59. The first-order valence-electron chi connectivity index (χ1n) is 13.9. The van der Waals surface area contributed by atoms with E-state index in [1.54, 1.807) is 31.4 Å². The maximum Gasteiger partial charge on any atom is 0.295 e. The number of hydrogen-bond acceptors (Lipinski definition) is 7. The van der Waals surface area contributed by atoms with Gasteiger partial charge in [0.05, 0.1) is 18.2 Å². The number of nitrogens with zero attached hydrogens (tertiary/aromatic N) is 1. The van der Waals surface area contributed by atoms with Gasteiger partial charge in [-0.05, 0) is 67.3 Å². The molecule has 0 aromatic heterocycles. The number of amides is 1. The van der Waals surface area contributed by atoms with Crippen LogP contribution in [0.5, 0.6) is 17.2 Å². The van der Waals surface area contributed by atoms with Crippen molar-refractivity contribution in [3.05, 3.63) is 94.6 Å². The smallest absolute Gasteiger partial charge is 0.295 e. The lowest BCUT2D eigenvalue weighted by Gasteiger charge is -2.26. The van der Waals surface area contributed by atoms with Crippen LogP contribution in [0, 0.1) is 0 Å². The van der Waals surface area contributed by atoms with Crippen molar-refractivity contribution < 1.29 is 33.6 Å². The summed E-state index contributed by atoms with van der Waals surface area (Å²) in [5.74, 6) is 0.200. The first-order chi connectivity index (χ1) is 19.9. The van der Waals surface area contributed by atoms with Crippen LogP contribution in [0.2, 0.25) is 0 Å². The molecule has 0 unspecified atom stereocenters. The zero-order valence-corrected chi connectivity index (χ0v) is 23.6. The second-order valence-corrected chi connectivity index (χ2v) is 10.2. The van der Waals surface area contributed by atoms with Gasteiger partial charge in [-0.2, -0.15) is 0 Å². The van der Waals surface area contributed by atoms with Crippen molar-refractivity contribution in [1.29, 1.82) is 0 Å². The second kappa shape index (κ2) is 12.5. The number of likely N-dealkylation sites (tertiary alicyclic amines) is 1. The molecular formula is C33H35NO7. The van der Waals surface area contributed by atoms with Crippen LogP contribution in [0.3, 0.4) is 0 Å². The Labute approximate surface area is 240 Å². The average Bonchev–Trinajstić information content (AvgIpc) is 3.48. The summed E-state index contributed by atoms with van der Waals surface area (Å²) in [5.41, 5.74) is 3.11. The predicted octanol–water partition coefficient (Wildman–Crippen LogP) is 5.45. The SMILES string of the molecule is CCOc1cc([C@H]2C(=C(O)c3ccc4c(c3)C[C@@H](C)O4)C(=O)C(=O)N2CCCOC)ccc1OCc1ccccc1. The van der Waals surface area contributed by atoms with E-state index in [2.05, 4.69) is 0 Å². The number of aliphatic hydroxyl groups is 1. The quantitative estimate of drug-likeness (QED) is 0.145. The Balaban J connectivity index is 1.55. The topological polar surface area (TPSA) is 94.5 Å². The molecule has 1 saturated heterocycles. The van der Waals surface area contributed by atoms with E-state index in [4.69, 9.17) is 18.9 Å². The van der Waals surface area contributed by atoms with Gasteiger partial charge in [-0.1, -0.05) is 36.4 Å². The van der Waals surface area contributed by atoms with Crippen LogP contribution >= 0.6 is 0 Å². The first kappa shape index (κ1) is 28.2. The number of methoxy groups -OCH3 is 1. The molecule has 1 fully saturated rings. The van der Waals surface area contributed by atoms with Gasteiger partial charge in [0, 0.05) is 32.2 Å². The highest BCUT2D eigenvalue weighted by Gasteiger charge is 2.46. The Morgan fingerprint density at radius 3 is 2.59 bits per heavy atom. The summed E-state index contributed by atoms with van der Waals surface area (Å²) < 4.78 is 23.0. The molecule has 0 aliphatic carbocycles. The van der Waals surface area contributed by atoms with Crippen LogP contribution in [-0.4, -0.2) is 54.7 Å². The number of aliphatic hydroxyl groups excluding tert-OH is 1. The normalized spacial score (nSPS) is 19.2. The summed E-state index contributed by atoms with van der Waals surface area (Å²) in [6.07, 6.45) is 1.27. The van der Waals surface area contributed by atoms with Gasteiger partial charge in [0.15, 0.2) is 11.5 Å². The molecular weight excluding hydrogens is 522 g/mol. The molecule has 1 N–H and O–H groups in total. The molecule has 8 nitrogen and oxygen atoms in total. The molecule has 2 aliphatic heterocycles. The van der Waals surface area contributed by atoms with Crippen molar-refractivity contribution in [3.8, 4) is 17.2 Å². The molecule has 0 saturated carbocycles. The van der Waals surface area contributed by atoms with Gasteiger partial charge in [0.2, 0.25) is 0 Å². The Bertz CT molecular complexity index is 1450. The van der Waals surface area contributed by atoms with Crippen LogP contribution in [-0.2, 0) is 27.4 Å². The fourth-order valence-electron chi connectivity index (χ4n) is 5.38. The molecule has 5 rings (SSSR count). The van der Waals surface area contributed by atoms with Crippen molar-refractivity contribution in [3.63, 3.8) is 0 Å². The highest BCUT2D eigenvalue weighted by atomic mass is 16.5. The molecule has 3 aromatic carbocycles. The minimum absolute atomic E-state index is 0.0355. The lowest BCUT2D eigenvalue weighted by molar-refractivity contribution is -0.140. The van der Waals surface area contributed by atoms with Crippen molar-refractivity contribution in [2.45, 2.75) is 45.4 Å². The maximum atomic E-state index is 13.4. The van der Waals surface area contributed by atoms with E-state index in [1.165, 1.54) is 4.90 Å². The predicted molar refractivity (Wildman–Crippen MR) is 154 cm³/mol. The largest absolute Gasteiger partial charge is 0.507 e. The van der Waals surface area contributed by atoms with Gasteiger partial charge in [-0.15, -0.1) is 0 Å². The number of ether oxygens (including phenoxy) is 4. The third-order valence-corrected chi connectivity index (χ3v) is 7.28. The van der Waals surface area contributed by atoms with E-state index < -0.39 is 17.7 Å². The third kappa shape index (κ3) is 5.93. The summed E-state index contributed by atoms with van der Waals surface area (Å²) in [5, 5.41) is 11.5. The minimum Gasteiger partial charge on any atom is -0.507 e. The summed E-state index contributed by atoms with van der Waals surface area (Å²) >= 11 is 0. The number of carbonyl (C=O) groups excluding carboxylic acids is 2. The van der Waals surface area contributed by atoms with Crippen molar-refractivity contribution in [2.75, 3.05) is 26.9 Å². The van der Waals surface area contributed by atoms with E-state index >= 15 is 0 Å². The zero-order valence-electron chi connectivity index (χ0n) is 23.6. The lowest BCUT2D eigenvalue weighted by atomic mass is 9.94. The number of benzene rings is 3. The van der Waals surface area contributed by atoms with E-state index in [9.17, 15) is 14.7 Å². The molecule has 0 bridgehead atoms. The van der Waals surface area contributed by atoms with Crippen molar-refractivity contribution in [1.82, 2.24) is 4.90 Å². The molecule has 214 valence electrons. The van der Waals surface area contributed by atoms with Crippen LogP contribution in [0.4, 0.5) is 0 Å². The van der Waals surface area contributed by atoms with Gasteiger partial charge in [-0.3, -0.25) is 9.59 Å². The molecule has 8 heteroatoms. The molecule has 2 atom stereocenters. The molecule has 2 heterocycles. The third-order valence-electron chi connectivity index (χ3n) is 7.28. The number of carbonyl (C=O) groups is 2. The van der Waals surface area contributed by atoms with Gasteiger partial charge in [0.25, 0.3) is 11.7 Å². The highest BCUT2D eigenvalue weighted by Crippen LogP contribution is 2.43. The number of fused-ring (bicyclic) bond motifs is 1. The summed E-state index contributed by atoms with van der Waals surface area (Å²) in [7, 11) is 1.59. The van der Waals surface area contributed by atoms with Crippen LogP contribution in [0.1, 0.15) is 48.6 Å². The molecule has 3 aromatic rings. The summed E-state index contributed by atoms with van der Waals surface area (Å²) in [6, 6.07) is 19.7. The fraction of sp³-hybridized carbons (Fsp3) is 0.333. The number of rotatable bonds is 11. The monoisotopic (exact) mass is 557 g/mol. The van der Waals surface area contributed by atoms with Gasteiger partial charge in [0.1, 0.15) is 24.2 Å². The fourth-order valence-corrected chi connectivity index (χ4v) is 5.38. The zero-order chi connectivity index (χ0) is 28.9. The van der Waals surface area contributed by atoms with Crippen LogP contribution in [0.15, 0.2) is 72.3 Å². The van der Waals surface area contributed by atoms with Crippen molar-refractivity contribution >= 4 is 17.4 Å². The second-order valence-electron chi connectivity index (χ2n) is 10.2. The van der Waals surface area contributed by atoms with Gasteiger partial charge >= 0.3 is 0 Å². The van der Waals surface area contributed by atoms with E-state index in [-0.39, 0.29) is 24.0 Å². The number of hydrogen-bond donors (Lipinski definition) is 1. The van der Waals surface area contributed by atoms with Crippen molar-refractivity contribution in [2.24, 2.45) is 0 Å². The summed E-state index contributed by atoms with van der Waals surface area (Å²) in [6.45, 7) is 5.32. The Morgan fingerprint density at radius 2 is 1.83 bits per heavy atom. The van der Waals surface area contributed by atoms with Crippen LogP contribution < -0.4 is 14.2 Å². The molecule has 0 radical (unpaired) electrons. The summed E-state index contributed by atoms with van der Waals surface area (Å²) in [4.78, 5) is 28.3. The van der Waals surface area contributed by atoms with E-state index in [0.717, 1.165) is 16.9 Å². The Morgan fingerprint density at radius 1 is 1.02 bits per heavy atom. The number of Topliss-reactive ketones (excluding diaryl/α,β-unsaturated/α-hetero) is 1. The van der Waals surface area contributed by atoms with E-state index in [0.29, 0.717) is 55.3 Å². The Hall–Kier alpha value is -4.30. The van der Waals surface area contributed by atoms with E-state index in [1.807, 2.05) is 56.3 Å². The number of ketones is 1. The average molecular weight is 558 g/mol. The maximum absolute atomic E-state index is 13.4. The standard InChI is InChI=1S/C33H35NO7/c1-4-39-28-19-23(11-14-27(28)40-20-22-9-6-5-7-10-22)30-29(32(36)33(37)34(30)15-8-16-38-3)31(35)24-12-13-26-25(18-24)17-21(2)41-26/h5-7,9-14,18-19,21,30,35H,4,8,15-17,20H2,1-3H3/t21-,30+/m1/s1. The van der Waals surface area contributed by atoms with Crippen LogP contribution in [0.25, 0.3) is 5.76 Å².